The van der Waals surface area contributed by atoms with Gasteiger partial charge in [0.2, 0.25) is 0 Å². The first-order chi connectivity index (χ1) is 11.3. The van der Waals surface area contributed by atoms with Crippen molar-refractivity contribution < 1.29 is 4.79 Å². The Balaban J connectivity index is 1.40. The maximum atomic E-state index is 10.8. The van der Waals surface area contributed by atoms with E-state index in [1.807, 2.05) is 12.1 Å². The van der Waals surface area contributed by atoms with Crippen LogP contribution in [0.3, 0.4) is 0 Å². The molecule has 5 nitrogen and oxygen atoms in total. The van der Waals surface area contributed by atoms with Crippen LogP contribution in [0.15, 0.2) is 30.3 Å². The number of nitrogens with zero attached hydrogens (tertiary/aromatic N) is 3. The smallest absolute Gasteiger partial charge is 0.168 e. The molecule has 2 saturated heterocycles. The number of benzene rings is 1. The summed E-state index contributed by atoms with van der Waals surface area (Å²) in [6, 6.07) is 10.9. The Kier molecular flexibility index (Phi) is 4.08. The molecule has 1 aromatic carbocycles. The predicted molar refractivity (Wildman–Crippen MR) is 90.6 cm³/mol. The Morgan fingerprint density at radius 3 is 2.65 bits per heavy atom. The van der Waals surface area contributed by atoms with Gasteiger partial charge >= 0.3 is 0 Å². The molecule has 0 unspecified atom stereocenters. The molecule has 2 aromatic rings. The highest BCUT2D eigenvalue weighted by Crippen LogP contribution is 2.17. The normalized spacial score (nSPS) is 20.5. The fourth-order valence-corrected chi connectivity index (χ4v) is 3.43. The van der Waals surface area contributed by atoms with E-state index in [4.69, 9.17) is 0 Å². The Hall–Kier alpha value is -1.82. The highest BCUT2D eigenvalue weighted by atomic mass is 16.1. The van der Waals surface area contributed by atoms with E-state index in [1.54, 1.807) is 6.07 Å². The molecule has 2 aliphatic rings. The Labute approximate surface area is 136 Å². The molecule has 0 amide bonds. The van der Waals surface area contributed by atoms with Gasteiger partial charge in [0.1, 0.15) is 5.69 Å². The summed E-state index contributed by atoms with van der Waals surface area (Å²) in [7, 11) is 0. The van der Waals surface area contributed by atoms with E-state index in [9.17, 15) is 4.79 Å². The van der Waals surface area contributed by atoms with Crippen molar-refractivity contribution in [2.75, 3.05) is 39.3 Å². The predicted octanol–water partition coefficient (Wildman–Crippen LogP) is 1.14. The van der Waals surface area contributed by atoms with Gasteiger partial charge in [0.15, 0.2) is 6.29 Å². The lowest BCUT2D eigenvalue weighted by molar-refractivity contribution is 0.0696. The first-order valence-electron chi connectivity index (χ1n) is 8.34. The third-order valence-corrected chi connectivity index (χ3v) is 4.99. The Bertz CT molecular complexity index is 705. The summed E-state index contributed by atoms with van der Waals surface area (Å²) in [4.78, 5) is 20.3. The third-order valence-electron chi connectivity index (χ3n) is 4.99. The van der Waals surface area contributed by atoms with Gasteiger partial charge in [-0.2, -0.15) is 0 Å². The number of hydrogen-bond donors (Lipinski definition) is 1. The van der Waals surface area contributed by atoms with E-state index >= 15 is 0 Å². The molecule has 2 aliphatic heterocycles. The second kappa shape index (κ2) is 6.35. The molecule has 1 aromatic heterocycles. The average molecular weight is 310 g/mol. The molecule has 0 spiro atoms. The van der Waals surface area contributed by atoms with Crippen molar-refractivity contribution in [1.29, 1.82) is 0 Å². The maximum absolute atomic E-state index is 10.8. The standard InChI is InChI=1S/C18H22N4O/c23-13-16-3-2-15-9-14(1-4-18(15)20-16)12-21-5-7-22(8-6-21)17-10-19-11-17/h1-4,9,13,17,19H,5-8,10-12H2. The van der Waals surface area contributed by atoms with Crippen molar-refractivity contribution >= 4 is 17.2 Å². The monoisotopic (exact) mass is 310 g/mol. The van der Waals surface area contributed by atoms with Crippen molar-refractivity contribution in [2.24, 2.45) is 0 Å². The maximum Gasteiger partial charge on any atom is 0.168 e. The molecule has 0 atom stereocenters. The van der Waals surface area contributed by atoms with Crippen molar-refractivity contribution in [3.63, 3.8) is 0 Å². The van der Waals surface area contributed by atoms with Crippen LogP contribution >= 0.6 is 0 Å². The van der Waals surface area contributed by atoms with Gasteiger partial charge in [-0.3, -0.25) is 14.6 Å². The summed E-state index contributed by atoms with van der Waals surface area (Å²) in [5, 5.41) is 4.46. The molecule has 23 heavy (non-hydrogen) atoms. The summed E-state index contributed by atoms with van der Waals surface area (Å²) in [6.07, 6.45) is 0.796. The topological polar surface area (TPSA) is 48.5 Å². The fourth-order valence-electron chi connectivity index (χ4n) is 3.43. The van der Waals surface area contributed by atoms with Crippen LogP contribution in [0.1, 0.15) is 16.1 Å². The van der Waals surface area contributed by atoms with Crippen LogP contribution in [-0.4, -0.2) is 66.4 Å². The average Bonchev–Trinajstić information content (AvgIpc) is 2.54. The lowest BCUT2D eigenvalue weighted by Crippen LogP contribution is -2.61. The van der Waals surface area contributed by atoms with E-state index in [1.165, 1.54) is 18.7 Å². The minimum atomic E-state index is 0.492. The molecule has 1 N–H and O–H groups in total. The van der Waals surface area contributed by atoms with Crippen LogP contribution in [0.4, 0.5) is 0 Å². The highest BCUT2D eigenvalue weighted by Gasteiger charge is 2.27. The largest absolute Gasteiger partial charge is 0.314 e. The van der Waals surface area contributed by atoms with Crippen LogP contribution in [0.5, 0.6) is 0 Å². The quantitative estimate of drug-likeness (QED) is 0.858. The van der Waals surface area contributed by atoms with E-state index in [2.05, 4.69) is 32.2 Å². The number of aromatic nitrogens is 1. The summed E-state index contributed by atoms with van der Waals surface area (Å²) < 4.78 is 0. The van der Waals surface area contributed by atoms with E-state index in [-0.39, 0.29) is 0 Å². The zero-order valence-electron chi connectivity index (χ0n) is 13.2. The molecule has 0 saturated carbocycles. The van der Waals surface area contributed by atoms with Crippen molar-refractivity contribution in [1.82, 2.24) is 20.1 Å². The number of rotatable bonds is 4. The molecule has 3 heterocycles. The van der Waals surface area contributed by atoms with E-state index in [0.717, 1.165) is 56.0 Å². The highest BCUT2D eigenvalue weighted by molar-refractivity contribution is 5.83. The Morgan fingerprint density at radius 1 is 1.13 bits per heavy atom. The second-order valence-corrected chi connectivity index (χ2v) is 6.51. The van der Waals surface area contributed by atoms with Crippen molar-refractivity contribution in [3.8, 4) is 0 Å². The van der Waals surface area contributed by atoms with Crippen LogP contribution in [0.25, 0.3) is 10.9 Å². The van der Waals surface area contributed by atoms with Gasteiger partial charge in [-0.15, -0.1) is 0 Å². The van der Waals surface area contributed by atoms with Crippen molar-refractivity contribution in [2.45, 2.75) is 12.6 Å². The van der Waals surface area contributed by atoms with E-state index in [0.29, 0.717) is 5.69 Å². The number of piperazine rings is 1. The lowest BCUT2D eigenvalue weighted by atomic mass is 10.1. The number of carbonyl (C=O) groups is 1. The number of carbonyl (C=O) groups excluding carboxylic acids is 1. The summed E-state index contributed by atoms with van der Waals surface area (Å²) >= 11 is 0. The van der Waals surface area contributed by atoms with Crippen molar-refractivity contribution in [3.05, 3.63) is 41.6 Å². The first kappa shape index (κ1) is 14.8. The Morgan fingerprint density at radius 2 is 1.96 bits per heavy atom. The molecule has 5 heteroatoms. The first-order valence-corrected chi connectivity index (χ1v) is 8.34. The molecule has 0 bridgehead atoms. The summed E-state index contributed by atoms with van der Waals surface area (Å²) in [5.74, 6) is 0. The number of hydrogen-bond acceptors (Lipinski definition) is 5. The molecule has 120 valence electrons. The van der Waals surface area contributed by atoms with Gasteiger partial charge < -0.3 is 5.32 Å². The molecule has 0 radical (unpaired) electrons. The van der Waals surface area contributed by atoms with Gasteiger partial charge in [0, 0.05) is 57.2 Å². The zero-order chi connectivity index (χ0) is 15.6. The second-order valence-electron chi connectivity index (χ2n) is 6.51. The summed E-state index contributed by atoms with van der Waals surface area (Å²) in [5.41, 5.74) is 2.70. The molecule has 4 rings (SSSR count). The van der Waals surface area contributed by atoms with E-state index < -0.39 is 0 Å². The van der Waals surface area contributed by atoms with Gasteiger partial charge in [0.25, 0.3) is 0 Å². The third kappa shape index (κ3) is 3.13. The number of pyridine rings is 1. The number of aldehydes is 1. The van der Waals surface area contributed by atoms with Crippen LogP contribution in [0, 0.1) is 0 Å². The van der Waals surface area contributed by atoms with Crippen LogP contribution < -0.4 is 5.32 Å². The van der Waals surface area contributed by atoms with Gasteiger partial charge in [-0.25, -0.2) is 4.98 Å². The van der Waals surface area contributed by atoms with Crippen LogP contribution in [0.2, 0.25) is 0 Å². The molecule has 0 aliphatic carbocycles. The van der Waals surface area contributed by atoms with Gasteiger partial charge in [0.05, 0.1) is 5.52 Å². The number of nitrogens with one attached hydrogen (secondary N) is 1. The fraction of sp³-hybridized carbons (Fsp3) is 0.444. The van der Waals surface area contributed by atoms with Gasteiger partial charge in [-0.1, -0.05) is 12.1 Å². The zero-order valence-corrected chi connectivity index (χ0v) is 13.2. The SMILES string of the molecule is O=Cc1ccc2cc(CN3CCN(C4CNC4)CC3)ccc2n1. The molecule has 2 fully saturated rings. The number of fused-ring (bicyclic) bond motifs is 1. The van der Waals surface area contributed by atoms with Crippen LogP contribution in [-0.2, 0) is 6.54 Å². The lowest BCUT2D eigenvalue weighted by Gasteiger charge is -2.43. The molecular formula is C18H22N4O. The van der Waals surface area contributed by atoms with Gasteiger partial charge in [-0.05, 0) is 23.8 Å². The minimum absolute atomic E-state index is 0.492. The summed E-state index contributed by atoms with van der Waals surface area (Å²) in [6.45, 7) is 7.91. The minimum Gasteiger partial charge on any atom is -0.314 e. The molecular weight excluding hydrogens is 288 g/mol.